The number of likely N-dealkylation sites (tertiary alicyclic amines) is 1. The minimum absolute atomic E-state index is 0.0155. The molecule has 3 aliphatic heterocycles. The van der Waals surface area contributed by atoms with Gasteiger partial charge in [0, 0.05) is 37.5 Å². The van der Waals surface area contributed by atoms with E-state index < -0.39 is 18.2 Å². The first-order chi connectivity index (χ1) is 18.2. The summed E-state index contributed by atoms with van der Waals surface area (Å²) in [6, 6.07) is 2.89. The summed E-state index contributed by atoms with van der Waals surface area (Å²) < 4.78 is 28.6. The number of rotatable bonds is 5. The normalized spacial score (nSPS) is 27.0. The van der Waals surface area contributed by atoms with Gasteiger partial charge in [-0.1, -0.05) is 11.6 Å². The third-order valence-electron chi connectivity index (χ3n) is 7.60. The maximum atomic E-state index is 15.5. The van der Waals surface area contributed by atoms with E-state index in [4.69, 9.17) is 26.1 Å². The Balaban J connectivity index is 1.36. The predicted octanol–water partition coefficient (Wildman–Crippen LogP) is 3.49. The summed E-state index contributed by atoms with van der Waals surface area (Å²) in [5.74, 6) is 0.627. The van der Waals surface area contributed by atoms with Crippen molar-refractivity contribution in [3.63, 3.8) is 0 Å². The molecule has 12 heteroatoms. The molecule has 10 nitrogen and oxygen atoms in total. The SMILES string of the molecule is CC(=O)N1CC[C@@H](c2nc3c(F)cc(-c4nc(N[C@@H]5C[C@H]6CO[C@H](O6)[C@H]5O)ncc4Cl)cc3n2C(C)C)C1. The van der Waals surface area contributed by atoms with Gasteiger partial charge in [0.1, 0.15) is 17.4 Å². The van der Waals surface area contributed by atoms with Crippen LogP contribution in [0.3, 0.4) is 0 Å². The number of benzene rings is 1. The van der Waals surface area contributed by atoms with Crippen molar-refractivity contribution in [2.45, 2.75) is 70.1 Å². The third kappa shape index (κ3) is 4.41. The molecule has 2 N–H and O–H groups in total. The number of nitrogens with zero attached hydrogens (tertiary/aromatic N) is 5. The van der Waals surface area contributed by atoms with Gasteiger partial charge in [-0.15, -0.1) is 0 Å². The largest absolute Gasteiger partial charge is 0.386 e. The molecule has 6 rings (SSSR count). The van der Waals surface area contributed by atoms with Crippen LogP contribution in [-0.2, 0) is 14.3 Å². The number of nitrogens with one attached hydrogen (secondary N) is 1. The number of imidazole rings is 1. The van der Waals surface area contributed by atoms with Gasteiger partial charge in [-0.05, 0) is 38.8 Å². The van der Waals surface area contributed by atoms with E-state index in [0.29, 0.717) is 42.9 Å². The van der Waals surface area contributed by atoms with Crippen molar-refractivity contribution in [2.24, 2.45) is 0 Å². The van der Waals surface area contributed by atoms with E-state index in [2.05, 4.69) is 15.3 Å². The maximum absolute atomic E-state index is 15.5. The second-order valence-electron chi connectivity index (χ2n) is 10.5. The summed E-state index contributed by atoms with van der Waals surface area (Å²) >= 11 is 6.49. The molecule has 38 heavy (non-hydrogen) atoms. The van der Waals surface area contributed by atoms with Crippen molar-refractivity contribution >= 4 is 34.5 Å². The topological polar surface area (TPSA) is 115 Å². The Bertz CT molecular complexity index is 1400. The zero-order chi connectivity index (χ0) is 26.7. The number of ether oxygens (including phenoxy) is 2. The molecule has 5 atom stereocenters. The van der Waals surface area contributed by atoms with Gasteiger partial charge in [0.05, 0.1) is 41.2 Å². The summed E-state index contributed by atoms with van der Waals surface area (Å²) in [4.78, 5) is 27.3. The fraction of sp³-hybridized carbons (Fsp3) is 0.538. The van der Waals surface area contributed by atoms with E-state index in [-0.39, 0.29) is 46.5 Å². The molecular formula is C26H30ClFN6O4. The van der Waals surface area contributed by atoms with Crippen LogP contribution >= 0.6 is 11.6 Å². The maximum Gasteiger partial charge on any atom is 0.223 e. The molecule has 3 saturated heterocycles. The van der Waals surface area contributed by atoms with Gasteiger partial charge in [0.25, 0.3) is 0 Å². The van der Waals surface area contributed by atoms with Crippen LogP contribution in [0.4, 0.5) is 10.3 Å². The Morgan fingerprint density at radius 2 is 2.13 bits per heavy atom. The summed E-state index contributed by atoms with van der Waals surface area (Å²) in [6.45, 7) is 7.29. The van der Waals surface area contributed by atoms with E-state index in [1.54, 1.807) is 11.8 Å². The highest BCUT2D eigenvalue weighted by Crippen LogP contribution is 2.36. The monoisotopic (exact) mass is 544 g/mol. The molecule has 0 radical (unpaired) electrons. The van der Waals surface area contributed by atoms with Crippen LogP contribution in [0.2, 0.25) is 5.02 Å². The Kier molecular flexibility index (Phi) is 6.50. The van der Waals surface area contributed by atoms with Gasteiger partial charge >= 0.3 is 0 Å². The van der Waals surface area contributed by atoms with E-state index in [1.165, 1.54) is 12.3 Å². The van der Waals surface area contributed by atoms with Crippen molar-refractivity contribution in [3.8, 4) is 11.3 Å². The molecule has 0 unspecified atom stereocenters. The standard InChI is InChI=1S/C26H30ClFN6O4/c1-12(2)34-20-7-15(6-18(28)22(20)31-24(34)14-4-5-33(10-14)13(3)35)21-17(27)9-29-26(32-21)30-19-8-16-11-37-25(38-16)23(19)36/h6-7,9,12,14,16,19,23,25,36H,4-5,8,10-11H2,1-3H3,(H,29,30,32)/t14-,16+,19-,23+,25-/m1/s1. The van der Waals surface area contributed by atoms with Gasteiger partial charge in [0.15, 0.2) is 12.1 Å². The number of hydrogen-bond acceptors (Lipinski definition) is 8. The Labute approximate surface area is 224 Å². The number of halogens is 2. The van der Waals surface area contributed by atoms with Gasteiger partial charge in [-0.3, -0.25) is 4.79 Å². The van der Waals surface area contributed by atoms with Crippen LogP contribution in [0.1, 0.15) is 51.4 Å². The predicted molar refractivity (Wildman–Crippen MR) is 138 cm³/mol. The minimum atomic E-state index is -0.876. The van der Waals surface area contributed by atoms with Gasteiger partial charge in [-0.25, -0.2) is 19.3 Å². The molecule has 2 bridgehead atoms. The average molecular weight is 545 g/mol. The molecule has 5 heterocycles. The Morgan fingerprint density at radius 3 is 2.87 bits per heavy atom. The number of aromatic nitrogens is 4. The summed E-state index contributed by atoms with van der Waals surface area (Å²) in [5, 5.41) is 14.0. The highest BCUT2D eigenvalue weighted by atomic mass is 35.5. The molecule has 1 aromatic carbocycles. The molecular weight excluding hydrogens is 515 g/mol. The van der Waals surface area contributed by atoms with E-state index in [1.807, 2.05) is 24.5 Å². The first-order valence-electron chi connectivity index (χ1n) is 12.9. The molecule has 3 aliphatic rings. The van der Waals surface area contributed by atoms with E-state index in [9.17, 15) is 9.90 Å². The highest BCUT2D eigenvalue weighted by Gasteiger charge is 2.43. The van der Waals surface area contributed by atoms with E-state index >= 15 is 4.39 Å². The lowest BCUT2D eigenvalue weighted by Gasteiger charge is -2.32. The van der Waals surface area contributed by atoms with E-state index in [0.717, 1.165) is 12.2 Å². The second-order valence-corrected chi connectivity index (χ2v) is 10.9. The number of aliphatic hydroxyl groups is 1. The van der Waals surface area contributed by atoms with Crippen LogP contribution in [0.5, 0.6) is 0 Å². The van der Waals surface area contributed by atoms with Crippen LogP contribution in [0, 0.1) is 5.82 Å². The van der Waals surface area contributed by atoms with Gasteiger partial charge in [0.2, 0.25) is 11.9 Å². The summed E-state index contributed by atoms with van der Waals surface area (Å²) in [6.07, 6.45) is 1.13. The molecule has 0 aliphatic carbocycles. The van der Waals surface area contributed by atoms with Crippen molar-refractivity contribution in [3.05, 3.63) is 35.0 Å². The quantitative estimate of drug-likeness (QED) is 0.502. The zero-order valence-electron chi connectivity index (χ0n) is 21.4. The second kappa shape index (κ2) is 9.71. The summed E-state index contributed by atoms with van der Waals surface area (Å²) in [7, 11) is 0. The van der Waals surface area contributed by atoms with Gasteiger partial charge < -0.3 is 29.4 Å². The molecule has 1 amide bonds. The number of fused-ring (bicyclic) bond motifs is 3. The van der Waals surface area contributed by atoms with Crippen LogP contribution < -0.4 is 5.32 Å². The van der Waals surface area contributed by atoms with Crippen LogP contribution in [0.15, 0.2) is 18.3 Å². The minimum Gasteiger partial charge on any atom is -0.386 e. The van der Waals surface area contributed by atoms with Crippen LogP contribution in [0.25, 0.3) is 22.3 Å². The zero-order valence-corrected chi connectivity index (χ0v) is 22.2. The highest BCUT2D eigenvalue weighted by molar-refractivity contribution is 6.33. The molecule has 2 aromatic heterocycles. The number of hydrogen-bond donors (Lipinski definition) is 2. The molecule has 0 saturated carbocycles. The number of amides is 1. The fourth-order valence-electron chi connectivity index (χ4n) is 5.73. The molecule has 0 spiro atoms. The van der Waals surface area contributed by atoms with Crippen molar-refractivity contribution in [2.75, 3.05) is 25.0 Å². The number of aliphatic hydroxyl groups excluding tert-OH is 1. The van der Waals surface area contributed by atoms with Gasteiger partial charge in [-0.2, -0.15) is 0 Å². The smallest absolute Gasteiger partial charge is 0.223 e. The molecule has 3 fully saturated rings. The number of carbonyl (C=O) groups is 1. The lowest BCUT2D eigenvalue weighted by Crippen LogP contribution is -2.48. The third-order valence-corrected chi connectivity index (χ3v) is 7.88. The van der Waals surface area contributed by atoms with Crippen molar-refractivity contribution in [1.82, 2.24) is 24.4 Å². The first kappa shape index (κ1) is 25.4. The lowest BCUT2D eigenvalue weighted by molar-refractivity contribution is -0.156. The summed E-state index contributed by atoms with van der Waals surface area (Å²) in [5.41, 5.74) is 1.78. The van der Waals surface area contributed by atoms with Crippen molar-refractivity contribution in [1.29, 1.82) is 0 Å². The Hall–Kier alpha value is -2.86. The molecule has 202 valence electrons. The number of carbonyl (C=O) groups excluding carboxylic acids is 1. The van der Waals surface area contributed by atoms with Crippen LogP contribution in [-0.4, -0.2) is 79.7 Å². The molecule has 3 aromatic rings. The first-order valence-corrected chi connectivity index (χ1v) is 13.3. The lowest BCUT2D eigenvalue weighted by atomic mass is 10.0. The number of anilines is 1. The Morgan fingerprint density at radius 1 is 1.32 bits per heavy atom. The fourth-order valence-corrected chi connectivity index (χ4v) is 5.93. The average Bonchev–Trinajstić information content (AvgIpc) is 3.60. The van der Waals surface area contributed by atoms with Crippen molar-refractivity contribution < 1.29 is 23.8 Å².